The number of amides is 1. The number of carbonyl (C=O) groups excluding carboxylic acids is 1. The molecule has 0 unspecified atom stereocenters. The van der Waals surface area contributed by atoms with Gasteiger partial charge in [0.1, 0.15) is 0 Å². The first-order chi connectivity index (χ1) is 10.7. The molecule has 134 valence electrons. The Morgan fingerprint density at radius 2 is 1.87 bits per heavy atom. The fourth-order valence-electron chi connectivity index (χ4n) is 2.42. The van der Waals surface area contributed by atoms with E-state index >= 15 is 0 Å². The second-order valence-electron chi connectivity index (χ2n) is 5.67. The van der Waals surface area contributed by atoms with E-state index < -0.39 is 0 Å². The minimum atomic E-state index is -0.224. The zero-order valence-electron chi connectivity index (χ0n) is 14.1. The number of hydrogen-bond acceptors (Lipinski definition) is 4. The first kappa shape index (κ1) is 20.3. The van der Waals surface area contributed by atoms with Gasteiger partial charge in [0.05, 0.1) is 13.2 Å². The molecule has 1 aliphatic carbocycles. The van der Waals surface area contributed by atoms with Crippen molar-refractivity contribution in [1.29, 1.82) is 0 Å². The van der Waals surface area contributed by atoms with Gasteiger partial charge in [-0.1, -0.05) is 0 Å². The lowest BCUT2D eigenvalue weighted by molar-refractivity contribution is 0.0911. The number of guanidine groups is 1. The summed E-state index contributed by atoms with van der Waals surface area (Å²) in [5.41, 5.74) is 0. The van der Waals surface area contributed by atoms with Crippen molar-refractivity contribution < 1.29 is 14.3 Å². The summed E-state index contributed by atoms with van der Waals surface area (Å²) < 4.78 is 10.6. The van der Waals surface area contributed by atoms with E-state index in [1.54, 1.807) is 11.9 Å². The molecule has 0 bridgehead atoms. The molecule has 1 N–H and O–H groups in total. The van der Waals surface area contributed by atoms with E-state index in [2.05, 4.69) is 15.2 Å². The van der Waals surface area contributed by atoms with E-state index in [0.717, 1.165) is 38.1 Å². The van der Waals surface area contributed by atoms with E-state index in [9.17, 15) is 4.79 Å². The van der Waals surface area contributed by atoms with Crippen LogP contribution in [0.1, 0.15) is 19.8 Å². The molecule has 1 saturated heterocycles. The Morgan fingerprint density at radius 3 is 2.43 bits per heavy atom. The molecule has 0 radical (unpaired) electrons. The minimum absolute atomic E-state index is 0. The third kappa shape index (κ3) is 7.11. The van der Waals surface area contributed by atoms with Gasteiger partial charge in [-0.25, -0.2) is 4.79 Å². The highest BCUT2D eigenvalue weighted by Gasteiger charge is 2.24. The average molecular weight is 440 g/mol. The Morgan fingerprint density at radius 1 is 1.22 bits per heavy atom. The lowest BCUT2D eigenvalue weighted by Gasteiger charge is -2.35. The molecule has 1 amide bonds. The first-order valence-corrected chi connectivity index (χ1v) is 8.19. The summed E-state index contributed by atoms with van der Waals surface area (Å²) in [6, 6.07) is 0. The van der Waals surface area contributed by atoms with Gasteiger partial charge in [-0.15, -0.1) is 24.0 Å². The fourth-order valence-corrected chi connectivity index (χ4v) is 2.42. The molecular formula is C15H29IN4O3. The van der Waals surface area contributed by atoms with Gasteiger partial charge in [0, 0.05) is 46.4 Å². The monoisotopic (exact) mass is 440 g/mol. The van der Waals surface area contributed by atoms with Crippen LogP contribution < -0.4 is 5.32 Å². The lowest BCUT2D eigenvalue weighted by atomic mass is 10.3. The van der Waals surface area contributed by atoms with Crippen molar-refractivity contribution in [3.8, 4) is 0 Å². The van der Waals surface area contributed by atoms with E-state index in [-0.39, 0.29) is 30.1 Å². The zero-order valence-corrected chi connectivity index (χ0v) is 16.5. The zero-order chi connectivity index (χ0) is 15.8. The summed E-state index contributed by atoms with van der Waals surface area (Å²) in [6.07, 6.45) is 2.42. The number of piperazine rings is 1. The molecule has 0 atom stereocenters. The second-order valence-corrected chi connectivity index (χ2v) is 5.67. The third-order valence-electron chi connectivity index (χ3n) is 3.90. The van der Waals surface area contributed by atoms with Crippen molar-refractivity contribution in [3.05, 3.63) is 0 Å². The summed E-state index contributed by atoms with van der Waals surface area (Å²) in [4.78, 5) is 19.9. The fraction of sp³-hybridized carbons (Fsp3) is 0.867. The molecule has 0 aromatic heterocycles. The van der Waals surface area contributed by atoms with Gasteiger partial charge in [0.15, 0.2) is 5.96 Å². The van der Waals surface area contributed by atoms with Crippen LogP contribution in [0.5, 0.6) is 0 Å². The molecule has 0 aromatic rings. The van der Waals surface area contributed by atoms with Crippen molar-refractivity contribution >= 4 is 36.0 Å². The number of aliphatic imine (C=N–C) groups is 1. The van der Waals surface area contributed by atoms with Crippen LogP contribution in [0.15, 0.2) is 4.99 Å². The second kappa shape index (κ2) is 10.9. The Balaban J connectivity index is 0.00000264. The van der Waals surface area contributed by atoms with Crippen LogP contribution in [0, 0.1) is 5.92 Å². The van der Waals surface area contributed by atoms with Gasteiger partial charge in [0.2, 0.25) is 0 Å². The van der Waals surface area contributed by atoms with Gasteiger partial charge in [-0.05, 0) is 25.7 Å². The molecule has 8 heteroatoms. The van der Waals surface area contributed by atoms with E-state index in [0.29, 0.717) is 26.3 Å². The molecule has 2 rings (SSSR count). The highest BCUT2D eigenvalue weighted by molar-refractivity contribution is 14.0. The van der Waals surface area contributed by atoms with Gasteiger partial charge in [-0.2, -0.15) is 0 Å². The number of halogens is 1. The smallest absolute Gasteiger partial charge is 0.409 e. The SMILES string of the molecule is CCOC(=O)N1CCN(C(=NC)NCCOCC2CC2)CC1.I. The molecule has 1 aliphatic heterocycles. The van der Waals surface area contributed by atoms with Crippen LogP contribution in [0.4, 0.5) is 4.79 Å². The highest BCUT2D eigenvalue weighted by Crippen LogP contribution is 2.28. The van der Waals surface area contributed by atoms with Crippen molar-refractivity contribution in [2.75, 3.05) is 59.6 Å². The maximum Gasteiger partial charge on any atom is 0.409 e. The summed E-state index contributed by atoms with van der Waals surface area (Å²) >= 11 is 0. The molecule has 23 heavy (non-hydrogen) atoms. The van der Waals surface area contributed by atoms with Crippen LogP contribution in [-0.4, -0.2) is 81.4 Å². The summed E-state index contributed by atoms with van der Waals surface area (Å²) in [5.74, 6) is 1.67. The number of ether oxygens (including phenoxy) is 2. The molecule has 7 nitrogen and oxygen atoms in total. The van der Waals surface area contributed by atoms with E-state index in [4.69, 9.17) is 9.47 Å². The number of hydrogen-bond donors (Lipinski definition) is 1. The lowest BCUT2D eigenvalue weighted by Crippen LogP contribution is -2.54. The van der Waals surface area contributed by atoms with Crippen molar-refractivity contribution in [2.24, 2.45) is 10.9 Å². The van der Waals surface area contributed by atoms with Gasteiger partial charge in [0.25, 0.3) is 0 Å². The summed E-state index contributed by atoms with van der Waals surface area (Å²) in [5, 5.41) is 3.32. The predicted octanol–water partition coefficient (Wildman–Crippen LogP) is 1.38. The number of rotatable bonds is 6. The molecule has 1 heterocycles. The average Bonchev–Trinajstić information content (AvgIpc) is 3.36. The Bertz CT molecular complexity index is 383. The van der Waals surface area contributed by atoms with Crippen LogP contribution in [-0.2, 0) is 9.47 Å². The topological polar surface area (TPSA) is 66.4 Å². The maximum absolute atomic E-state index is 11.7. The van der Waals surface area contributed by atoms with Crippen LogP contribution in [0.3, 0.4) is 0 Å². The Labute approximate surface area is 155 Å². The maximum atomic E-state index is 11.7. The van der Waals surface area contributed by atoms with Gasteiger partial charge < -0.3 is 24.6 Å². The third-order valence-corrected chi connectivity index (χ3v) is 3.90. The molecule has 2 aliphatic rings. The molecular weight excluding hydrogens is 411 g/mol. The van der Waals surface area contributed by atoms with Crippen molar-refractivity contribution in [3.63, 3.8) is 0 Å². The van der Waals surface area contributed by atoms with E-state index in [1.807, 2.05) is 6.92 Å². The predicted molar refractivity (Wildman–Crippen MR) is 100 cm³/mol. The van der Waals surface area contributed by atoms with Gasteiger partial charge >= 0.3 is 6.09 Å². The quantitative estimate of drug-likeness (QED) is 0.293. The van der Waals surface area contributed by atoms with Crippen LogP contribution in [0.2, 0.25) is 0 Å². The molecule has 0 aromatic carbocycles. The number of nitrogens with one attached hydrogen (secondary N) is 1. The standard InChI is InChI=1S/C15H28N4O3.HI/c1-3-22-15(20)19-9-7-18(8-10-19)14(16-2)17-6-11-21-12-13-4-5-13;/h13H,3-12H2,1-2H3,(H,16,17);1H. The van der Waals surface area contributed by atoms with Gasteiger partial charge in [-0.3, -0.25) is 4.99 Å². The Kier molecular flexibility index (Phi) is 9.61. The molecule has 0 spiro atoms. The molecule has 2 fully saturated rings. The first-order valence-electron chi connectivity index (χ1n) is 8.19. The Hall–Kier alpha value is -0.770. The van der Waals surface area contributed by atoms with Crippen molar-refractivity contribution in [1.82, 2.24) is 15.1 Å². The van der Waals surface area contributed by atoms with Crippen LogP contribution in [0.25, 0.3) is 0 Å². The summed E-state index contributed by atoms with van der Waals surface area (Å²) in [7, 11) is 1.78. The van der Waals surface area contributed by atoms with Crippen LogP contribution >= 0.6 is 24.0 Å². The summed E-state index contributed by atoms with van der Waals surface area (Å²) in [6.45, 7) is 7.46. The van der Waals surface area contributed by atoms with E-state index in [1.165, 1.54) is 12.8 Å². The largest absolute Gasteiger partial charge is 0.450 e. The number of nitrogens with zero attached hydrogens (tertiary/aromatic N) is 3. The highest BCUT2D eigenvalue weighted by atomic mass is 127. The molecule has 1 saturated carbocycles. The minimum Gasteiger partial charge on any atom is -0.450 e. The number of carbonyl (C=O) groups is 1. The van der Waals surface area contributed by atoms with Crippen molar-refractivity contribution in [2.45, 2.75) is 19.8 Å². The normalized spacial score (nSPS) is 18.4.